The van der Waals surface area contributed by atoms with E-state index in [1.165, 1.54) is 6.92 Å². The fourth-order valence-electron chi connectivity index (χ4n) is 0.961. The Labute approximate surface area is 88.1 Å². The van der Waals surface area contributed by atoms with Gasteiger partial charge in [-0.05, 0) is 6.92 Å². The van der Waals surface area contributed by atoms with Gasteiger partial charge in [-0.15, -0.1) is 0 Å². The van der Waals surface area contributed by atoms with Crippen LogP contribution in [0.25, 0.3) is 0 Å². The monoisotopic (exact) mass is 262 g/mol. The Bertz CT molecular complexity index is 465. The van der Waals surface area contributed by atoms with Crippen LogP contribution in [0.4, 0.5) is 13.2 Å². The minimum absolute atomic E-state index is 0.0165. The molecule has 1 aromatic heterocycles. The third-order valence-corrected chi connectivity index (χ3v) is 2.89. The first-order valence-corrected chi connectivity index (χ1v) is 6.07. The van der Waals surface area contributed by atoms with Crippen LogP contribution < -0.4 is 0 Å². The van der Waals surface area contributed by atoms with E-state index >= 15 is 0 Å². The molecule has 0 fully saturated rings. The number of alkyl halides is 3. The van der Waals surface area contributed by atoms with Gasteiger partial charge in [0, 0.05) is 23.3 Å². The van der Waals surface area contributed by atoms with Crippen LogP contribution in [-0.4, -0.2) is 18.2 Å². The van der Waals surface area contributed by atoms with Crippen molar-refractivity contribution < 1.29 is 21.6 Å². The molecule has 0 amide bonds. The Morgan fingerprint density at radius 1 is 1.53 bits per heavy atom. The maximum atomic E-state index is 12.2. The smallest absolute Gasteiger partial charge is 0.253 e. The highest BCUT2D eigenvalue weighted by Crippen LogP contribution is 2.30. The molecule has 0 N–H and O–H groups in total. The van der Waals surface area contributed by atoms with Crippen molar-refractivity contribution in [2.45, 2.75) is 24.7 Å². The van der Waals surface area contributed by atoms with Crippen molar-refractivity contribution in [2.24, 2.45) is 0 Å². The molecule has 9 heteroatoms. The normalized spacial score (nSPS) is 13.1. The van der Waals surface area contributed by atoms with E-state index in [2.05, 4.69) is 5.10 Å². The molecule has 1 rings (SSSR count). The van der Waals surface area contributed by atoms with Crippen LogP contribution in [0.1, 0.15) is 12.6 Å². The van der Waals surface area contributed by atoms with Crippen LogP contribution in [0.2, 0.25) is 0 Å². The first kappa shape index (κ1) is 12.3. The van der Waals surface area contributed by atoms with Crippen molar-refractivity contribution in [1.82, 2.24) is 9.78 Å². The topological polar surface area (TPSA) is 52.0 Å². The van der Waals surface area contributed by atoms with Crippen LogP contribution in [-0.2, 0) is 21.8 Å². The number of hydrogen-bond acceptors (Lipinski definition) is 3. The Balaban J connectivity index is 3.37. The first-order valence-electron chi connectivity index (χ1n) is 3.76. The third kappa shape index (κ3) is 2.63. The van der Waals surface area contributed by atoms with Crippen molar-refractivity contribution in [3.8, 4) is 0 Å². The third-order valence-electron chi connectivity index (χ3n) is 1.58. The average molecular weight is 263 g/mol. The average Bonchev–Trinajstić information content (AvgIpc) is 2.44. The van der Waals surface area contributed by atoms with Gasteiger partial charge in [-0.3, -0.25) is 4.68 Å². The molecule has 1 heterocycles. The molecule has 0 saturated carbocycles. The van der Waals surface area contributed by atoms with Gasteiger partial charge in [0.2, 0.25) is 0 Å². The second kappa shape index (κ2) is 3.67. The van der Waals surface area contributed by atoms with E-state index in [4.69, 9.17) is 10.7 Å². The fraction of sp³-hybridized carbons (Fsp3) is 0.500. The molecule has 0 atom stereocenters. The van der Waals surface area contributed by atoms with E-state index in [9.17, 15) is 21.6 Å². The zero-order valence-electron chi connectivity index (χ0n) is 7.42. The van der Waals surface area contributed by atoms with Gasteiger partial charge in [0.1, 0.15) is 0 Å². The Kier molecular flexibility index (Phi) is 3.01. The predicted octanol–water partition coefficient (Wildman–Crippen LogP) is 1.85. The maximum absolute atomic E-state index is 12.2. The zero-order valence-corrected chi connectivity index (χ0v) is 8.99. The molecule has 1 aromatic rings. The molecule has 0 aliphatic heterocycles. The van der Waals surface area contributed by atoms with E-state index in [1.54, 1.807) is 0 Å². The number of hydrogen-bond donors (Lipinski definition) is 0. The van der Waals surface area contributed by atoms with Crippen molar-refractivity contribution >= 4 is 19.7 Å². The Morgan fingerprint density at radius 3 is 2.33 bits per heavy atom. The number of halogens is 4. The number of nitrogens with zero attached hydrogens (tertiary/aromatic N) is 2. The SMILES string of the molecule is CCn1nc(C(F)(F)F)cc1S(=O)(=O)Cl. The second-order valence-corrected chi connectivity index (χ2v) is 5.13. The van der Waals surface area contributed by atoms with Crippen molar-refractivity contribution in [3.63, 3.8) is 0 Å². The largest absolute Gasteiger partial charge is 0.435 e. The van der Waals surface area contributed by atoms with Gasteiger partial charge in [-0.25, -0.2) is 8.42 Å². The lowest BCUT2D eigenvalue weighted by atomic mass is 10.4. The van der Waals surface area contributed by atoms with Crippen molar-refractivity contribution in [1.29, 1.82) is 0 Å². The summed E-state index contributed by atoms with van der Waals surface area (Å²) in [7, 11) is 0.738. The molecule has 0 bridgehead atoms. The van der Waals surface area contributed by atoms with Crippen LogP contribution in [0.3, 0.4) is 0 Å². The highest BCUT2D eigenvalue weighted by atomic mass is 35.7. The molecule has 0 aliphatic rings. The molecule has 0 aromatic carbocycles. The van der Waals surface area contributed by atoms with Gasteiger partial charge in [-0.1, -0.05) is 0 Å². The van der Waals surface area contributed by atoms with Gasteiger partial charge in [-0.2, -0.15) is 18.3 Å². The standard InChI is InChI=1S/C6H6ClF3N2O2S/c1-2-12-5(15(7,13)14)3-4(11-12)6(8,9)10/h3H,2H2,1H3. The summed E-state index contributed by atoms with van der Waals surface area (Å²) in [5.41, 5.74) is -1.27. The van der Waals surface area contributed by atoms with Gasteiger partial charge in [0.15, 0.2) is 10.7 Å². The van der Waals surface area contributed by atoms with E-state index in [1.807, 2.05) is 0 Å². The van der Waals surface area contributed by atoms with E-state index in [0.29, 0.717) is 10.7 Å². The summed E-state index contributed by atoms with van der Waals surface area (Å²) in [6.45, 7) is 1.44. The van der Waals surface area contributed by atoms with Gasteiger partial charge in [0.25, 0.3) is 9.05 Å². The van der Waals surface area contributed by atoms with E-state index < -0.39 is 25.9 Å². The molecule has 0 unspecified atom stereocenters. The zero-order chi connectivity index (χ0) is 11.9. The van der Waals surface area contributed by atoms with Crippen LogP contribution in [0.5, 0.6) is 0 Å². The quantitative estimate of drug-likeness (QED) is 0.765. The molecule has 0 saturated heterocycles. The Morgan fingerprint density at radius 2 is 2.07 bits per heavy atom. The summed E-state index contributed by atoms with van der Waals surface area (Å²) >= 11 is 0. The second-order valence-electron chi connectivity index (χ2n) is 2.62. The first-order chi connectivity index (χ1) is 6.66. The summed E-state index contributed by atoms with van der Waals surface area (Å²) in [5.74, 6) is 0. The molecular weight excluding hydrogens is 257 g/mol. The maximum Gasteiger partial charge on any atom is 0.435 e. The summed E-state index contributed by atoms with van der Waals surface area (Å²) in [6.07, 6.45) is -4.68. The molecular formula is C6H6ClF3N2O2S. The molecule has 0 aliphatic carbocycles. The number of rotatable bonds is 2. The predicted molar refractivity (Wildman–Crippen MR) is 45.9 cm³/mol. The van der Waals surface area contributed by atoms with Crippen LogP contribution >= 0.6 is 10.7 Å². The molecule has 15 heavy (non-hydrogen) atoms. The van der Waals surface area contributed by atoms with E-state index in [-0.39, 0.29) is 6.54 Å². The minimum Gasteiger partial charge on any atom is -0.253 e. The molecule has 4 nitrogen and oxygen atoms in total. The van der Waals surface area contributed by atoms with Crippen LogP contribution in [0.15, 0.2) is 11.1 Å². The lowest BCUT2D eigenvalue weighted by Crippen LogP contribution is -2.08. The molecule has 0 radical (unpaired) electrons. The van der Waals surface area contributed by atoms with E-state index in [0.717, 1.165) is 0 Å². The summed E-state index contributed by atoms with van der Waals surface area (Å²) < 4.78 is 59.0. The highest BCUT2D eigenvalue weighted by Gasteiger charge is 2.36. The van der Waals surface area contributed by atoms with Crippen molar-refractivity contribution in [2.75, 3.05) is 0 Å². The van der Waals surface area contributed by atoms with Gasteiger partial charge < -0.3 is 0 Å². The number of aromatic nitrogens is 2. The Hall–Kier alpha value is -0.760. The molecule has 86 valence electrons. The summed E-state index contributed by atoms with van der Waals surface area (Å²) in [5, 5.41) is 2.44. The summed E-state index contributed by atoms with van der Waals surface area (Å²) in [4.78, 5) is 0. The lowest BCUT2D eigenvalue weighted by Gasteiger charge is -2.00. The highest BCUT2D eigenvalue weighted by molar-refractivity contribution is 8.13. The molecule has 0 spiro atoms. The van der Waals surface area contributed by atoms with Gasteiger partial charge >= 0.3 is 6.18 Å². The lowest BCUT2D eigenvalue weighted by molar-refractivity contribution is -0.141. The minimum atomic E-state index is -4.68. The van der Waals surface area contributed by atoms with Crippen LogP contribution in [0, 0.1) is 0 Å². The number of aryl methyl sites for hydroxylation is 1. The summed E-state index contributed by atoms with van der Waals surface area (Å²) in [6, 6.07) is 0.409. The van der Waals surface area contributed by atoms with Crippen molar-refractivity contribution in [3.05, 3.63) is 11.8 Å². The van der Waals surface area contributed by atoms with Gasteiger partial charge in [0.05, 0.1) is 0 Å². The fourth-order valence-corrected chi connectivity index (χ4v) is 2.01.